The molecule has 1 aromatic heterocycles. The maximum Gasteiger partial charge on any atom is 0.251 e. The topological polar surface area (TPSA) is 58.6 Å². The number of amides is 1. The average molecular weight is 291 g/mol. The van der Waals surface area contributed by atoms with Crippen LogP contribution in [0.1, 0.15) is 22.2 Å². The van der Waals surface area contributed by atoms with Crippen molar-refractivity contribution in [2.75, 3.05) is 6.61 Å². The van der Waals surface area contributed by atoms with Crippen LogP contribution in [0, 0.1) is 0 Å². The largest absolute Gasteiger partial charge is 0.488 e. The molecule has 0 aliphatic rings. The van der Waals surface area contributed by atoms with Gasteiger partial charge in [0.25, 0.3) is 5.91 Å². The first-order valence-electron chi connectivity index (χ1n) is 6.36. The zero-order chi connectivity index (χ0) is 14.4. The highest BCUT2D eigenvalue weighted by Gasteiger charge is 2.09. The normalized spacial score (nSPS) is 11.9. The first-order valence-corrected chi connectivity index (χ1v) is 7.24. The number of rotatable bonds is 6. The van der Waals surface area contributed by atoms with Gasteiger partial charge in [0.15, 0.2) is 0 Å². The first-order chi connectivity index (χ1) is 9.69. The quantitative estimate of drug-likeness (QED) is 0.859. The summed E-state index contributed by atoms with van der Waals surface area (Å²) < 4.78 is 5.65. The predicted molar refractivity (Wildman–Crippen MR) is 79.1 cm³/mol. The van der Waals surface area contributed by atoms with Crippen molar-refractivity contribution >= 4 is 17.2 Å². The highest BCUT2D eigenvalue weighted by atomic mass is 32.1. The minimum absolute atomic E-state index is 0.0830. The lowest BCUT2D eigenvalue weighted by Crippen LogP contribution is -2.34. The first kappa shape index (κ1) is 14.6. The molecule has 0 aliphatic heterocycles. The Bertz CT molecular complexity index is 554. The summed E-state index contributed by atoms with van der Waals surface area (Å²) in [4.78, 5) is 13.1. The molecule has 0 aliphatic carbocycles. The Hall–Kier alpha value is -1.85. The number of aliphatic hydroxyl groups excluding tert-OH is 1. The van der Waals surface area contributed by atoms with E-state index in [1.807, 2.05) is 23.6 Å². The summed E-state index contributed by atoms with van der Waals surface area (Å²) in [6.07, 6.45) is 0. The van der Waals surface area contributed by atoms with Crippen molar-refractivity contribution in [3.05, 3.63) is 52.2 Å². The van der Waals surface area contributed by atoms with E-state index in [-0.39, 0.29) is 18.6 Å². The number of hydrogen-bond donors (Lipinski definition) is 2. The van der Waals surface area contributed by atoms with Gasteiger partial charge in [-0.3, -0.25) is 4.79 Å². The molecular formula is C15H17NO3S. The molecule has 2 rings (SSSR count). The van der Waals surface area contributed by atoms with Crippen molar-refractivity contribution in [2.24, 2.45) is 0 Å². The Morgan fingerprint density at radius 3 is 2.95 bits per heavy atom. The summed E-state index contributed by atoms with van der Waals surface area (Å²) >= 11 is 1.63. The number of nitrogens with one attached hydrogen (secondary N) is 1. The van der Waals surface area contributed by atoms with Crippen molar-refractivity contribution in [2.45, 2.75) is 19.6 Å². The molecule has 0 fully saturated rings. The van der Waals surface area contributed by atoms with Gasteiger partial charge < -0.3 is 15.2 Å². The van der Waals surface area contributed by atoms with Crippen LogP contribution in [0.25, 0.3) is 0 Å². The molecule has 1 aromatic carbocycles. The van der Waals surface area contributed by atoms with Crippen LogP contribution in [0.3, 0.4) is 0 Å². The monoisotopic (exact) mass is 291 g/mol. The van der Waals surface area contributed by atoms with Gasteiger partial charge in [-0.25, -0.2) is 0 Å². The fourth-order valence-corrected chi connectivity index (χ4v) is 2.25. The van der Waals surface area contributed by atoms with E-state index in [0.29, 0.717) is 17.9 Å². The van der Waals surface area contributed by atoms with Gasteiger partial charge in [0.1, 0.15) is 12.4 Å². The van der Waals surface area contributed by atoms with Crippen LogP contribution in [0.2, 0.25) is 0 Å². The average Bonchev–Trinajstić information content (AvgIpc) is 2.98. The summed E-state index contributed by atoms with van der Waals surface area (Å²) in [7, 11) is 0. The molecule has 1 atom stereocenters. The maximum absolute atomic E-state index is 11.9. The van der Waals surface area contributed by atoms with Gasteiger partial charge in [-0.2, -0.15) is 0 Å². The van der Waals surface area contributed by atoms with Crippen LogP contribution in [0.5, 0.6) is 5.75 Å². The van der Waals surface area contributed by atoms with E-state index in [0.717, 1.165) is 4.88 Å². The van der Waals surface area contributed by atoms with Crippen molar-refractivity contribution in [1.82, 2.24) is 5.32 Å². The van der Waals surface area contributed by atoms with E-state index in [4.69, 9.17) is 9.84 Å². The van der Waals surface area contributed by atoms with Crippen molar-refractivity contribution in [3.63, 3.8) is 0 Å². The van der Waals surface area contributed by atoms with Crippen LogP contribution in [-0.2, 0) is 6.61 Å². The van der Waals surface area contributed by atoms with Crippen LogP contribution in [0.15, 0.2) is 41.8 Å². The van der Waals surface area contributed by atoms with Gasteiger partial charge in [0.2, 0.25) is 0 Å². The Balaban J connectivity index is 1.98. The molecule has 0 saturated carbocycles. The Labute approximate surface area is 122 Å². The fourth-order valence-electron chi connectivity index (χ4n) is 1.63. The zero-order valence-electron chi connectivity index (χ0n) is 11.2. The maximum atomic E-state index is 11.9. The second-order valence-electron chi connectivity index (χ2n) is 4.45. The molecule has 1 amide bonds. The highest BCUT2D eigenvalue weighted by Crippen LogP contribution is 2.17. The third-order valence-corrected chi connectivity index (χ3v) is 3.56. The van der Waals surface area contributed by atoms with E-state index >= 15 is 0 Å². The number of aliphatic hydroxyl groups is 1. The lowest BCUT2D eigenvalue weighted by atomic mass is 10.2. The third-order valence-electron chi connectivity index (χ3n) is 2.71. The molecular weight excluding hydrogens is 274 g/mol. The lowest BCUT2D eigenvalue weighted by Gasteiger charge is -2.11. The fraction of sp³-hybridized carbons (Fsp3) is 0.267. The second-order valence-corrected chi connectivity index (χ2v) is 5.49. The summed E-state index contributed by atoms with van der Waals surface area (Å²) in [6, 6.07) is 10.7. The molecule has 2 aromatic rings. The minimum atomic E-state index is -0.266. The lowest BCUT2D eigenvalue weighted by molar-refractivity contribution is 0.0922. The van der Waals surface area contributed by atoms with Gasteiger partial charge in [0.05, 0.1) is 6.61 Å². The summed E-state index contributed by atoms with van der Waals surface area (Å²) in [5.74, 6) is 0.441. The van der Waals surface area contributed by atoms with E-state index in [9.17, 15) is 4.79 Å². The predicted octanol–water partition coefficient (Wildman–Crippen LogP) is 2.44. The van der Waals surface area contributed by atoms with E-state index in [2.05, 4.69) is 5.32 Å². The number of carbonyl (C=O) groups is 1. The van der Waals surface area contributed by atoms with Gasteiger partial charge in [-0.15, -0.1) is 11.3 Å². The smallest absolute Gasteiger partial charge is 0.251 e. The van der Waals surface area contributed by atoms with Gasteiger partial charge in [0, 0.05) is 16.5 Å². The Morgan fingerprint density at radius 1 is 1.40 bits per heavy atom. The number of benzene rings is 1. The molecule has 2 N–H and O–H groups in total. The molecule has 0 spiro atoms. The van der Waals surface area contributed by atoms with Crippen molar-refractivity contribution in [3.8, 4) is 5.75 Å². The zero-order valence-corrected chi connectivity index (χ0v) is 12.0. The molecule has 4 nitrogen and oxygen atoms in total. The summed E-state index contributed by atoms with van der Waals surface area (Å²) in [5.41, 5.74) is 0.522. The standard InChI is InChI=1S/C15H17NO3S/c1-11(9-17)16-15(18)12-4-2-5-13(8-12)19-10-14-6-3-7-20-14/h2-8,11,17H,9-10H2,1H3,(H,16,18). The molecule has 0 radical (unpaired) electrons. The molecule has 1 heterocycles. The van der Waals surface area contributed by atoms with Crippen LogP contribution >= 0.6 is 11.3 Å². The highest BCUT2D eigenvalue weighted by molar-refractivity contribution is 7.09. The third kappa shape index (κ3) is 4.08. The SMILES string of the molecule is CC(CO)NC(=O)c1cccc(OCc2cccs2)c1. The van der Waals surface area contributed by atoms with Crippen LogP contribution < -0.4 is 10.1 Å². The second kappa shape index (κ2) is 7.07. The summed E-state index contributed by atoms with van der Waals surface area (Å²) in [6.45, 7) is 2.16. The van der Waals surface area contributed by atoms with E-state index in [1.165, 1.54) is 0 Å². The number of thiophene rings is 1. The number of carbonyl (C=O) groups excluding carboxylic acids is 1. The molecule has 106 valence electrons. The molecule has 20 heavy (non-hydrogen) atoms. The summed E-state index contributed by atoms with van der Waals surface area (Å²) in [5, 5.41) is 13.6. The van der Waals surface area contributed by atoms with Gasteiger partial charge in [-0.1, -0.05) is 12.1 Å². The molecule has 5 heteroatoms. The molecule has 0 bridgehead atoms. The number of ether oxygens (including phenoxy) is 1. The van der Waals surface area contributed by atoms with E-state index < -0.39 is 0 Å². The van der Waals surface area contributed by atoms with Crippen molar-refractivity contribution < 1.29 is 14.6 Å². The van der Waals surface area contributed by atoms with Crippen LogP contribution in [-0.4, -0.2) is 23.7 Å². The number of hydrogen-bond acceptors (Lipinski definition) is 4. The molecule has 0 saturated heterocycles. The van der Waals surface area contributed by atoms with Gasteiger partial charge >= 0.3 is 0 Å². The van der Waals surface area contributed by atoms with E-state index in [1.54, 1.807) is 36.5 Å². The Kier molecular flexibility index (Phi) is 5.15. The van der Waals surface area contributed by atoms with Crippen LogP contribution in [0.4, 0.5) is 0 Å². The Morgan fingerprint density at radius 2 is 2.25 bits per heavy atom. The van der Waals surface area contributed by atoms with Crippen molar-refractivity contribution in [1.29, 1.82) is 0 Å². The molecule has 1 unspecified atom stereocenters. The van der Waals surface area contributed by atoms with Gasteiger partial charge in [-0.05, 0) is 36.6 Å². The minimum Gasteiger partial charge on any atom is -0.488 e.